The minimum absolute atomic E-state index is 0.0120. The second-order valence-corrected chi connectivity index (χ2v) is 6.30. The van der Waals surface area contributed by atoms with Crippen LogP contribution in [0.25, 0.3) is 0 Å². The fourth-order valence-electron chi connectivity index (χ4n) is 3.54. The van der Waals surface area contributed by atoms with E-state index in [0.717, 1.165) is 36.3 Å². The SMILES string of the molecule is Cc1ncc2c(n1)CCN(C(=O)N[C@H]1CCc3ccccc31)C2. The van der Waals surface area contributed by atoms with E-state index in [4.69, 9.17) is 0 Å². The molecule has 0 fully saturated rings. The highest BCUT2D eigenvalue weighted by Crippen LogP contribution is 2.31. The highest BCUT2D eigenvalue weighted by Gasteiger charge is 2.27. The Morgan fingerprint density at radius 3 is 3.04 bits per heavy atom. The number of rotatable bonds is 1. The molecule has 0 spiro atoms. The minimum Gasteiger partial charge on any atom is -0.331 e. The molecule has 4 rings (SSSR count). The van der Waals surface area contributed by atoms with E-state index in [0.29, 0.717) is 13.1 Å². The number of aromatic nitrogens is 2. The van der Waals surface area contributed by atoms with Crippen LogP contribution < -0.4 is 5.32 Å². The second-order valence-electron chi connectivity index (χ2n) is 6.30. The predicted molar refractivity (Wildman–Crippen MR) is 86.9 cm³/mol. The van der Waals surface area contributed by atoms with E-state index < -0.39 is 0 Å². The molecule has 2 heterocycles. The molecule has 1 aliphatic heterocycles. The smallest absolute Gasteiger partial charge is 0.318 e. The first kappa shape index (κ1) is 14.2. The van der Waals surface area contributed by atoms with E-state index in [1.54, 1.807) is 0 Å². The topological polar surface area (TPSA) is 58.1 Å². The Morgan fingerprint density at radius 1 is 1.26 bits per heavy atom. The monoisotopic (exact) mass is 308 g/mol. The second kappa shape index (κ2) is 5.65. The van der Waals surface area contributed by atoms with Gasteiger partial charge in [0, 0.05) is 24.7 Å². The summed E-state index contributed by atoms with van der Waals surface area (Å²) < 4.78 is 0. The summed E-state index contributed by atoms with van der Waals surface area (Å²) in [5, 5.41) is 3.19. The van der Waals surface area contributed by atoms with Crippen molar-refractivity contribution in [2.45, 2.75) is 38.8 Å². The van der Waals surface area contributed by atoms with Crippen molar-refractivity contribution in [1.29, 1.82) is 0 Å². The molecule has 23 heavy (non-hydrogen) atoms. The van der Waals surface area contributed by atoms with Crippen molar-refractivity contribution in [2.24, 2.45) is 0 Å². The number of nitrogens with one attached hydrogen (secondary N) is 1. The first-order valence-corrected chi connectivity index (χ1v) is 8.15. The summed E-state index contributed by atoms with van der Waals surface area (Å²) in [7, 11) is 0. The molecule has 0 bridgehead atoms. The van der Waals surface area contributed by atoms with Crippen molar-refractivity contribution < 1.29 is 4.79 Å². The van der Waals surface area contributed by atoms with Gasteiger partial charge in [0.1, 0.15) is 5.82 Å². The number of hydrogen-bond donors (Lipinski definition) is 1. The van der Waals surface area contributed by atoms with Crippen LogP contribution in [0.4, 0.5) is 4.79 Å². The van der Waals surface area contributed by atoms with Gasteiger partial charge in [-0.2, -0.15) is 0 Å². The summed E-state index contributed by atoms with van der Waals surface area (Å²) in [5.74, 6) is 0.796. The van der Waals surface area contributed by atoms with Crippen molar-refractivity contribution in [3.8, 4) is 0 Å². The molecule has 2 aromatic rings. The summed E-state index contributed by atoms with van der Waals surface area (Å²) in [6, 6.07) is 8.52. The Labute approximate surface area is 135 Å². The van der Waals surface area contributed by atoms with Gasteiger partial charge in [0.05, 0.1) is 18.3 Å². The number of carbonyl (C=O) groups is 1. The van der Waals surface area contributed by atoms with Crippen LogP contribution in [0, 0.1) is 6.92 Å². The van der Waals surface area contributed by atoms with E-state index in [-0.39, 0.29) is 12.1 Å². The van der Waals surface area contributed by atoms with E-state index in [9.17, 15) is 4.79 Å². The molecule has 5 heteroatoms. The summed E-state index contributed by atoms with van der Waals surface area (Å²) in [6.07, 6.45) is 4.67. The van der Waals surface area contributed by atoms with Crippen molar-refractivity contribution in [1.82, 2.24) is 20.2 Å². The summed E-state index contributed by atoms with van der Waals surface area (Å²) in [4.78, 5) is 23.2. The Kier molecular flexibility index (Phi) is 3.48. The Hall–Kier alpha value is -2.43. The molecule has 1 aromatic heterocycles. The van der Waals surface area contributed by atoms with Gasteiger partial charge in [-0.3, -0.25) is 0 Å². The van der Waals surface area contributed by atoms with Crippen LogP contribution in [-0.4, -0.2) is 27.4 Å². The highest BCUT2D eigenvalue weighted by atomic mass is 16.2. The van der Waals surface area contributed by atoms with Gasteiger partial charge in [-0.25, -0.2) is 14.8 Å². The van der Waals surface area contributed by atoms with Crippen LogP contribution in [0.2, 0.25) is 0 Å². The summed E-state index contributed by atoms with van der Waals surface area (Å²) >= 11 is 0. The Bertz CT molecular complexity index is 758. The molecule has 1 aromatic carbocycles. The average molecular weight is 308 g/mol. The van der Waals surface area contributed by atoms with Crippen LogP contribution in [0.1, 0.15) is 40.7 Å². The standard InChI is InChI=1S/C18H20N4O/c1-12-19-10-14-11-22(9-8-16(14)20-12)18(23)21-17-7-6-13-4-2-3-5-15(13)17/h2-5,10,17H,6-9,11H2,1H3,(H,21,23)/t17-/m0/s1. The Balaban J connectivity index is 1.46. The number of urea groups is 1. The lowest BCUT2D eigenvalue weighted by Gasteiger charge is -2.29. The summed E-state index contributed by atoms with van der Waals surface area (Å²) in [6.45, 7) is 3.20. The summed E-state index contributed by atoms with van der Waals surface area (Å²) in [5.41, 5.74) is 4.75. The van der Waals surface area contributed by atoms with Crippen LogP contribution in [0.15, 0.2) is 30.5 Å². The number of carbonyl (C=O) groups excluding carboxylic acids is 1. The van der Waals surface area contributed by atoms with Gasteiger partial charge < -0.3 is 10.2 Å². The van der Waals surface area contributed by atoms with Gasteiger partial charge in [0.15, 0.2) is 0 Å². The number of aryl methyl sites for hydroxylation is 2. The van der Waals surface area contributed by atoms with E-state index in [1.165, 1.54) is 11.1 Å². The molecule has 1 aliphatic carbocycles. The lowest BCUT2D eigenvalue weighted by molar-refractivity contribution is 0.187. The van der Waals surface area contributed by atoms with Crippen LogP contribution in [0.3, 0.4) is 0 Å². The van der Waals surface area contributed by atoms with Crippen LogP contribution in [0.5, 0.6) is 0 Å². The van der Waals surface area contributed by atoms with E-state index in [2.05, 4.69) is 33.5 Å². The lowest BCUT2D eigenvalue weighted by atomic mass is 10.1. The molecule has 1 N–H and O–H groups in total. The molecular weight excluding hydrogens is 288 g/mol. The Morgan fingerprint density at radius 2 is 2.13 bits per heavy atom. The third kappa shape index (κ3) is 2.67. The first-order chi connectivity index (χ1) is 11.2. The largest absolute Gasteiger partial charge is 0.331 e. The maximum atomic E-state index is 12.6. The third-order valence-electron chi connectivity index (χ3n) is 4.77. The first-order valence-electron chi connectivity index (χ1n) is 8.15. The average Bonchev–Trinajstić information content (AvgIpc) is 2.97. The molecule has 0 unspecified atom stereocenters. The lowest BCUT2D eigenvalue weighted by Crippen LogP contribution is -2.44. The molecule has 2 aliphatic rings. The fraction of sp³-hybridized carbons (Fsp3) is 0.389. The number of benzene rings is 1. The molecule has 0 saturated carbocycles. The van der Waals surface area contributed by atoms with Crippen molar-refractivity contribution in [2.75, 3.05) is 6.54 Å². The number of hydrogen-bond acceptors (Lipinski definition) is 3. The molecule has 2 amide bonds. The molecule has 118 valence electrons. The maximum Gasteiger partial charge on any atom is 0.318 e. The zero-order chi connectivity index (χ0) is 15.8. The van der Waals surface area contributed by atoms with Gasteiger partial charge >= 0.3 is 6.03 Å². The van der Waals surface area contributed by atoms with E-state index >= 15 is 0 Å². The quantitative estimate of drug-likeness (QED) is 0.881. The van der Waals surface area contributed by atoms with Crippen molar-refractivity contribution in [3.63, 3.8) is 0 Å². The predicted octanol–water partition coefficient (Wildman–Crippen LogP) is 2.54. The van der Waals surface area contributed by atoms with Gasteiger partial charge in [0.2, 0.25) is 0 Å². The number of nitrogens with zero attached hydrogens (tertiary/aromatic N) is 3. The highest BCUT2D eigenvalue weighted by molar-refractivity contribution is 5.75. The fourth-order valence-corrected chi connectivity index (χ4v) is 3.54. The van der Waals surface area contributed by atoms with Gasteiger partial charge in [-0.15, -0.1) is 0 Å². The molecule has 5 nitrogen and oxygen atoms in total. The normalized spacial score (nSPS) is 19.2. The zero-order valence-electron chi connectivity index (χ0n) is 13.2. The number of amides is 2. The molecule has 0 radical (unpaired) electrons. The number of fused-ring (bicyclic) bond motifs is 2. The van der Waals surface area contributed by atoms with Crippen LogP contribution >= 0.6 is 0 Å². The molecular formula is C18H20N4O. The van der Waals surface area contributed by atoms with Crippen LogP contribution in [-0.2, 0) is 19.4 Å². The van der Waals surface area contributed by atoms with Gasteiger partial charge in [-0.1, -0.05) is 24.3 Å². The minimum atomic E-state index is 0.0120. The maximum absolute atomic E-state index is 12.6. The van der Waals surface area contributed by atoms with Gasteiger partial charge in [-0.05, 0) is 30.9 Å². The third-order valence-corrected chi connectivity index (χ3v) is 4.77. The molecule has 1 atom stereocenters. The zero-order valence-corrected chi connectivity index (χ0v) is 13.2. The molecule has 0 saturated heterocycles. The van der Waals surface area contributed by atoms with Crippen molar-refractivity contribution >= 4 is 6.03 Å². The van der Waals surface area contributed by atoms with Gasteiger partial charge in [0.25, 0.3) is 0 Å². The van der Waals surface area contributed by atoms with E-state index in [1.807, 2.05) is 24.1 Å². The van der Waals surface area contributed by atoms with Crippen molar-refractivity contribution in [3.05, 3.63) is 58.7 Å².